The third-order valence-electron chi connectivity index (χ3n) is 6.29. The fraction of sp³-hybridized carbons (Fsp3) is 0.417. The molecule has 2 unspecified atom stereocenters. The molecule has 2 amide bonds. The van der Waals surface area contributed by atoms with E-state index in [1.807, 2.05) is 0 Å². The second-order valence-electron chi connectivity index (χ2n) is 8.38. The van der Waals surface area contributed by atoms with E-state index in [9.17, 15) is 22.8 Å². The summed E-state index contributed by atoms with van der Waals surface area (Å²) in [5, 5.41) is 5.90. The van der Waals surface area contributed by atoms with E-state index >= 15 is 0 Å². The molecule has 1 aliphatic carbocycles. The summed E-state index contributed by atoms with van der Waals surface area (Å²) < 4.78 is 41.4. The Hall–Kier alpha value is -2.87. The molecule has 2 aromatic carbocycles. The van der Waals surface area contributed by atoms with Gasteiger partial charge in [-0.15, -0.1) is 0 Å². The van der Waals surface area contributed by atoms with Crippen LogP contribution in [0.15, 0.2) is 54.6 Å². The van der Waals surface area contributed by atoms with E-state index in [0.29, 0.717) is 17.5 Å². The van der Waals surface area contributed by atoms with E-state index in [4.69, 9.17) is 5.73 Å². The van der Waals surface area contributed by atoms with Crippen LogP contribution in [0.3, 0.4) is 0 Å². The average molecular weight is 448 g/mol. The van der Waals surface area contributed by atoms with E-state index < -0.39 is 29.3 Å². The highest BCUT2D eigenvalue weighted by atomic mass is 19.4. The van der Waals surface area contributed by atoms with Crippen molar-refractivity contribution in [2.24, 2.45) is 11.1 Å². The van der Waals surface area contributed by atoms with Crippen LogP contribution in [-0.4, -0.2) is 37.6 Å². The van der Waals surface area contributed by atoms with Crippen molar-refractivity contribution < 1.29 is 22.8 Å². The summed E-state index contributed by atoms with van der Waals surface area (Å²) in [6.45, 7) is 0.271. The third-order valence-corrected chi connectivity index (χ3v) is 6.29. The molecule has 3 rings (SSSR count). The van der Waals surface area contributed by atoms with Crippen LogP contribution in [0.5, 0.6) is 0 Å². The van der Waals surface area contributed by atoms with E-state index in [1.54, 1.807) is 61.6 Å². The van der Waals surface area contributed by atoms with Crippen LogP contribution in [-0.2, 0) is 11.2 Å². The Bertz CT molecular complexity index is 926. The Balaban J connectivity index is 1.62. The molecule has 172 valence electrons. The topological polar surface area (TPSA) is 84.2 Å². The zero-order chi connectivity index (χ0) is 23.4. The van der Waals surface area contributed by atoms with Gasteiger partial charge in [0.2, 0.25) is 11.8 Å². The van der Waals surface area contributed by atoms with Gasteiger partial charge in [-0.3, -0.25) is 9.59 Å². The molecule has 2 aromatic rings. The number of halogens is 3. The summed E-state index contributed by atoms with van der Waals surface area (Å²) in [4.78, 5) is 23.9. The van der Waals surface area contributed by atoms with Crippen molar-refractivity contribution in [3.63, 3.8) is 0 Å². The highest BCUT2D eigenvalue weighted by Gasteiger charge is 2.67. The molecule has 32 heavy (non-hydrogen) atoms. The fourth-order valence-electron chi connectivity index (χ4n) is 4.14. The first-order valence-electron chi connectivity index (χ1n) is 10.6. The predicted molar refractivity (Wildman–Crippen MR) is 116 cm³/mol. The van der Waals surface area contributed by atoms with Crippen molar-refractivity contribution in [2.75, 3.05) is 13.6 Å². The van der Waals surface area contributed by atoms with E-state index in [0.717, 1.165) is 5.56 Å². The third kappa shape index (κ3) is 5.48. The second kappa shape index (κ2) is 9.73. The van der Waals surface area contributed by atoms with Crippen molar-refractivity contribution in [3.8, 4) is 0 Å². The minimum Gasteiger partial charge on any atom is -0.366 e. The Kier molecular flexibility index (Phi) is 7.23. The molecule has 1 aliphatic rings. The van der Waals surface area contributed by atoms with Crippen LogP contribution in [0.1, 0.15) is 46.7 Å². The molecule has 0 bridgehead atoms. The first kappa shape index (κ1) is 23.8. The number of hydrogen-bond donors (Lipinski definition) is 3. The molecule has 0 aromatic heterocycles. The van der Waals surface area contributed by atoms with Gasteiger partial charge in [0.15, 0.2) is 0 Å². The number of carbonyl (C=O) groups is 2. The van der Waals surface area contributed by atoms with Gasteiger partial charge >= 0.3 is 6.18 Å². The lowest BCUT2D eigenvalue weighted by molar-refractivity contribution is -0.194. The SMILES string of the molecule is CNC(CNC(=O)CC(c1ccccc1)C1(C(F)(F)F)CC1)Cc1ccc(C(N)=O)cc1. The largest absolute Gasteiger partial charge is 0.395 e. The zero-order valence-corrected chi connectivity index (χ0v) is 17.9. The monoisotopic (exact) mass is 447 g/mol. The average Bonchev–Trinajstić information content (AvgIpc) is 3.58. The first-order valence-corrected chi connectivity index (χ1v) is 10.6. The summed E-state index contributed by atoms with van der Waals surface area (Å²) in [6, 6.07) is 15.2. The number of primary amides is 1. The van der Waals surface area contributed by atoms with Gasteiger partial charge < -0.3 is 16.4 Å². The van der Waals surface area contributed by atoms with Gasteiger partial charge in [0, 0.05) is 30.5 Å². The van der Waals surface area contributed by atoms with Crippen LogP contribution < -0.4 is 16.4 Å². The Morgan fingerprint density at radius 1 is 1.06 bits per heavy atom. The van der Waals surface area contributed by atoms with Gasteiger partial charge in [-0.05, 0) is 49.6 Å². The van der Waals surface area contributed by atoms with E-state index in [-0.39, 0.29) is 31.8 Å². The quantitative estimate of drug-likeness (QED) is 0.521. The number of carbonyl (C=O) groups excluding carboxylic acids is 2. The number of nitrogens with two attached hydrogens (primary N) is 1. The molecule has 1 saturated carbocycles. The molecule has 0 radical (unpaired) electrons. The number of hydrogen-bond acceptors (Lipinski definition) is 3. The Labute approximate surface area is 185 Å². The molecule has 0 spiro atoms. The van der Waals surface area contributed by atoms with Crippen LogP contribution in [0.4, 0.5) is 13.2 Å². The van der Waals surface area contributed by atoms with Crippen molar-refractivity contribution in [1.82, 2.24) is 10.6 Å². The number of likely N-dealkylation sites (N-methyl/N-ethyl adjacent to an activating group) is 1. The van der Waals surface area contributed by atoms with Gasteiger partial charge in [-0.1, -0.05) is 42.5 Å². The minimum atomic E-state index is -4.35. The van der Waals surface area contributed by atoms with Gasteiger partial charge in [0.1, 0.15) is 0 Å². The summed E-state index contributed by atoms with van der Waals surface area (Å²) in [5.41, 5.74) is 5.32. The molecule has 0 aliphatic heterocycles. The maximum atomic E-state index is 13.8. The number of rotatable bonds is 10. The van der Waals surface area contributed by atoms with Crippen molar-refractivity contribution in [3.05, 3.63) is 71.3 Å². The standard InChI is InChI=1S/C24H28F3N3O2/c1-29-19(13-16-7-9-18(10-8-16)22(28)32)15-30-21(31)14-20(17-5-3-2-4-6-17)23(11-12-23)24(25,26)27/h2-10,19-20,29H,11-15H2,1H3,(H2,28,32)(H,30,31). The first-order chi connectivity index (χ1) is 15.2. The summed E-state index contributed by atoms with van der Waals surface area (Å²) >= 11 is 0. The maximum absolute atomic E-state index is 13.8. The number of amides is 2. The van der Waals surface area contributed by atoms with Gasteiger partial charge in [0.25, 0.3) is 0 Å². The van der Waals surface area contributed by atoms with E-state index in [1.165, 1.54) is 0 Å². The fourth-order valence-corrected chi connectivity index (χ4v) is 4.14. The molecule has 4 N–H and O–H groups in total. The molecular weight excluding hydrogens is 419 g/mol. The van der Waals surface area contributed by atoms with Crippen LogP contribution in [0.25, 0.3) is 0 Å². The lowest BCUT2D eigenvalue weighted by Gasteiger charge is -2.29. The lowest BCUT2D eigenvalue weighted by atomic mass is 9.80. The Morgan fingerprint density at radius 2 is 1.69 bits per heavy atom. The molecular formula is C24H28F3N3O2. The molecule has 0 heterocycles. The number of nitrogens with one attached hydrogen (secondary N) is 2. The normalized spacial score (nSPS) is 16.8. The molecule has 1 fully saturated rings. The molecule has 0 saturated heterocycles. The number of benzene rings is 2. The number of alkyl halides is 3. The predicted octanol–water partition coefficient (Wildman–Crippen LogP) is 3.55. The van der Waals surface area contributed by atoms with Crippen LogP contribution >= 0.6 is 0 Å². The van der Waals surface area contributed by atoms with Crippen molar-refractivity contribution in [1.29, 1.82) is 0 Å². The van der Waals surface area contributed by atoms with Gasteiger partial charge in [-0.25, -0.2) is 0 Å². The van der Waals surface area contributed by atoms with Crippen LogP contribution in [0.2, 0.25) is 0 Å². The summed E-state index contributed by atoms with van der Waals surface area (Å²) in [6.07, 6.45) is -3.90. The maximum Gasteiger partial charge on any atom is 0.395 e. The van der Waals surface area contributed by atoms with Gasteiger partial charge in [0.05, 0.1) is 5.41 Å². The highest BCUT2D eigenvalue weighted by Crippen LogP contribution is 2.66. The van der Waals surface area contributed by atoms with Crippen molar-refractivity contribution in [2.45, 2.75) is 43.8 Å². The summed E-state index contributed by atoms with van der Waals surface area (Å²) in [7, 11) is 1.75. The zero-order valence-electron chi connectivity index (χ0n) is 17.9. The molecule has 8 heteroatoms. The minimum absolute atomic E-state index is 0.0454. The summed E-state index contributed by atoms with van der Waals surface area (Å²) in [5.74, 6) is -1.81. The molecule has 2 atom stereocenters. The molecule has 5 nitrogen and oxygen atoms in total. The second-order valence-corrected chi connectivity index (χ2v) is 8.38. The van der Waals surface area contributed by atoms with E-state index in [2.05, 4.69) is 10.6 Å². The van der Waals surface area contributed by atoms with Gasteiger partial charge in [-0.2, -0.15) is 13.2 Å². The Morgan fingerprint density at radius 3 is 2.19 bits per heavy atom. The highest BCUT2D eigenvalue weighted by molar-refractivity contribution is 5.92. The van der Waals surface area contributed by atoms with Crippen molar-refractivity contribution >= 4 is 11.8 Å². The lowest BCUT2D eigenvalue weighted by Crippen LogP contribution is -2.42. The van der Waals surface area contributed by atoms with Crippen LogP contribution in [0, 0.1) is 5.41 Å². The smallest absolute Gasteiger partial charge is 0.366 e.